The van der Waals surface area contributed by atoms with E-state index in [1.54, 1.807) is 28.4 Å². The first-order valence-corrected chi connectivity index (χ1v) is 10.4. The molecule has 2 N–H and O–H groups in total. The SMILES string of the molecule is CN(Cc1nc2ccccc2s1)C(=O)C[NH+]1CCN(c2ccc(O)cc2)CC1. The zero-order valence-corrected chi connectivity index (χ0v) is 16.8. The van der Waals surface area contributed by atoms with E-state index in [2.05, 4.69) is 16.0 Å². The van der Waals surface area contributed by atoms with E-state index < -0.39 is 0 Å². The van der Waals surface area contributed by atoms with Gasteiger partial charge < -0.3 is 19.8 Å². The lowest BCUT2D eigenvalue weighted by atomic mass is 10.2. The number of hydrogen-bond acceptors (Lipinski definition) is 5. The van der Waals surface area contributed by atoms with E-state index in [9.17, 15) is 9.90 Å². The summed E-state index contributed by atoms with van der Waals surface area (Å²) >= 11 is 1.65. The lowest BCUT2D eigenvalue weighted by Gasteiger charge is -2.33. The highest BCUT2D eigenvalue weighted by atomic mass is 32.1. The molecule has 4 rings (SSSR count). The molecule has 1 aliphatic rings. The van der Waals surface area contributed by atoms with E-state index in [0.29, 0.717) is 13.1 Å². The molecule has 3 aromatic rings. The van der Waals surface area contributed by atoms with Crippen molar-refractivity contribution >= 4 is 33.1 Å². The van der Waals surface area contributed by atoms with Crippen molar-refractivity contribution in [3.8, 4) is 5.75 Å². The number of nitrogens with one attached hydrogen (secondary N) is 1. The Morgan fingerprint density at radius 2 is 1.89 bits per heavy atom. The van der Waals surface area contributed by atoms with Crippen molar-refractivity contribution in [1.82, 2.24) is 9.88 Å². The molecule has 2 heterocycles. The van der Waals surface area contributed by atoms with E-state index >= 15 is 0 Å². The number of aromatic nitrogens is 1. The number of rotatable bonds is 5. The fourth-order valence-electron chi connectivity index (χ4n) is 3.55. The first kappa shape index (κ1) is 18.7. The van der Waals surface area contributed by atoms with Crippen LogP contribution in [-0.2, 0) is 11.3 Å². The molecular weight excluding hydrogens is 372 g/mol. The number of carbonyl (C=O) groups excluding carboxylic acids is 1. The molecule has 0 spiro atoms. The average molecular weight is 398 g/mol. The number of phenolic OH excluding ortho intramolecular Hbond substituents is 1. The highest BCUT2D eigenvalue weighted by Crippen LogP contribution is 2.22. The number of piperazine rings is 1. The van der Waals surface area contributed by atoms with Gasteiger partial charge in [0.25, 0.3) is 5.91 Å². The van der Waals surface area contributed by atoms with Crippen molar-refractivity contribution in [1.29, 1.82) is 0 Å². The highest BCUT2D eigenvalue weighted by Gasteiger charge is 2.24. The Morgan fingerprint density at radius 1 is 1.18 bits per heavy atom. The Kier molecular flexibility index (Phi) is 5.45. The maximum Gasteiger partial charge on any atom is 0.277 e. The Bertz CT molecular complexity index is 915. The fourth-order valence-corrected chi connectivity index (χ4v) is 4.57. The molecule has 1 amide bonds. The third kappa shape index (κ3) is 4.26. The van der Waals surface area contributed by atoms with Crippen LogP contribution in [0, 0.1) is 0 Å². The van der Waals surface area contributed by atoms with Crippen molar-refractivity contribution in [2.45, 2.75) is 6.54 Å². The summed E-state index contributed by atoms with van der Waals surface area (Å²) in [6.45, 7) is 4.77. The summed E-state index contributed by atoms with van der Waals surface area (Å²) in [5, 5.41) is 10.4. The van der Waals surface area contributed by atoms with E-state index in [1.165, 1.54) is 4.90 Å². The molecule has 0 radical (unpaired) electrons. The summed E-state index contributed by atoms with van der Waals surface area (Å²) in [6, 6.07) is 15.4. The first-order chi connectivity index (χ1) is 13.6. The Balaban J connectivity index is 1.28. The summed E-state index contributed by atoms with van der Waals surface area (Å²) in [5.74, 6) is 0.446. The molecule has 6 nitrogen and oxygen atoms in total. The maximum absolute atomic E-state index is 12.7. The van der Waals surface area contributed by atoms with E-state index in [0.717, 1.165) is 47.1 Å². The predicted molar refractivity (Wildman–Crippen MR) is 112 cm³/mol. The normalized spacial score (nSPS) is 15.1. The van der Waals surface area contributed by atoms with Gasteiger partial charge in [-0.05, 0) is 36.4 Å². The van der Waals surface area contributed by atoms with Gasteiger partial charge in [-0.1, -0.05) is 12.1 Å². The number of benzene rings is 2. The Morgan fingerprint density at radius 3 is 2.61 bits per heavy atom. The number of anilines is 1. The van der Waals surface area contributed by atoms with Crippen molar-refractivity contribution in [2.24, 2.45) is 0 Å². The van der Waals surface area contributed by atoms with Crippen molar-refractivity contribution in [2.75, 3.05) is 44.7 Å². The molecular formula is C21H25N4O2S+. The second kappa shape index (κ2) is 8.16. The number of carbonyl (C=O) groups is 1. The van der Waals surface area contributed by atoms with Gasteiger partial charge in [0.2, 0.25) is 0 Å². The van der Waals surface area contributed by atoms with E-state index in [4.69, 9.17) is 0 Å². The summed E-state index contributed by atoms with van der Waals surface area (Å²) in [4.78, 5) is 22.7. The van der Waals surface area contributed by atoms with Crippen LogP contribution in [0.5, 0.6) is 5.75 Å². The van der Waals surface area contributed by atoms with Gasteiger partial charge >= 0.3 is 0 Å². The molecule has 7 heteroatoms. The number of quaternary nitrogens is 1. The number of fused-ring (bicyclic) bond motifs is 1. The molecule has 0 atom stereocenters. The quantitative estimate of drug-likeness (QED) is 0.683. The number of aromatic hydroxyl groups is 1. The molecule has 28 heavy (non-hydrogen) atoms. The number of likely N-dealkylation sites (N-methyl/N-ethyl adjacent to an activating group) is 1. The highest BCUT2D eigenvalue weighted by molar-refractivity contribution is 7.18. The monoisotopic (exact) mass is 397 g/mol. The number of amides is 1. The van der Waals surface area contributed by atoms with Crippen LogP contribution in [-0.4, -0.2) is 60.7 Å². The van der Waals surface area contributed by atoms with Crippen molar-refractivity contribution < 1.29 is 14.8 Å². The fraction of sp³-hybridized carbons (Fsp3) is 0.333. The van der Waals surface area contributed by atoms with Crippen LogP contribution in [0.2, 0.25) is 0 Å². The molecule has 1 saturated heterocycles. The average Bonchev–Trinajstić information content (AvgIpc) is 3.11. The van der Waals surface area contributed by atoms with Gasteiger partial charge in [0, 0.05) is 12.7 Å². The largest absolute Gasteiger partial charge is 0.508 e. The zero-order chi connectivity index (χ0) is 19.5. The third-order valence-corrected chi connectivity index (χ3v) is 6.24. The molecule has 0 aliphatic carbocycles. The van der Waals surface area contributed by atoms with Gasteiger partial charge in [0.1, 0.15) is 10.8 Å². The van der Waals surface area contributed by atoms with E-state index in [-0.39, 0.29) is 11.7 Å². The van der Waals surface area contributed by atoms with Crippen LogP contribution < -0.4 is 9.80 Å². The lowest BCUT2D eigenvalue weighted by Crippen LogP contribution is -3.15. The maximum atomic E-state index is 12.7. The van der Waals surface area contributed by atoms with Gasteiger partial charge in [0.05, 0.1) is 42.9 Å². The molecule has 1 fully saturated rings. The Labute approximate surface area is 168 Å². The second-order valence-corrected chi connectivity index (χ2v) is 8.37. The number of para-hydroxylation sites is 1. The second-order valence-electron chi connectivity index (χ2n) is 7.26. The number of nitrogens with zero attached hydrogens (tertiary/aromatic N) is 3. The van der Waals surface area contributed by atoms with Crippen LogP contribution >= 0.6 is 11.3 Å². The summed E-state index contributed by atoms with van der Waals surface area (Å²) in [7, 11) is 1.86. The molecule has 0 unspecified atom stereocenters. The topological polar surface area (TPSA) is 61.1 Å². The third-order valence-electron chi connectivity index (χ3n) is 5.22. The minimum Gasteiger partial charge on any atom is -0.508 e. The lowest BCUT2D eigenvalue weighted by molar-refractivity contribution is -0.892. The molecule has 0 bridgehead atoms. The molecule has 1 aromatic heterocycles. The predicted octanol–water partition coefficient (Wildman–Crippen LogP) is 1.37. The van der Waals surface area contributed by atoms with Crippen molar-refractivity contribution in [3.05, 3.63) is 53.5 Å². The van der Waals surface area contributed by atoms with E-state index in [1.807, 2.05) is 37.4 Å². The smallest absolute Gasteiger partial charge is 0.277 e. The summed E-state index contributed by atoms with van der Waals surface area (Å²) < 4.78 is 1.16. The first-order valence-electron chi connectivity index (χ1n) is 9.54. The van der Waals surface area contributed by atoms with Gasteiger partial charge in [-0.25, -0.2) is 4.98 Å². The standard InChI is InChI=1S/C21H24N4O2S/c1-23(14-20-22-18-4-2-3-5-19(18)28-20)21(27)15-24-10-12-25(13-11-24)16-6-8-17(26)9-7-16/h2-9,26H,10-15H2,1H3/p+1. The molecule has 0 saturated carbocycles. The van der Waals surface area contributed by atoms with Gasteiger partial charge in [0.15, 0.2) is 6.54 Å². The van der Waals surface area contributed by atoms with Crippen LogP contribution in [0.3, 0.4) is 0 Å². The number of thiazole rings is 1. The van der Waals surface area contributed by atoms with Crippen LogP contribution in [0.1, 0.15) is 5.01 Å². The molecule has 2 aromatic carbocycles. The minimum absolute atomic E-state index is 0.160. The van der Waals surface area contributed by atoms with Crippen molar-refractivity contribution in [3.63, 3.8) is 0 Å². The molecule has 146 valence electrons. The van der Waals surface area contributed by atoms with Gasteiger partial charge in [-0.3, -0.25) is 4.79 Å². The zero-order valence-electron chi connectivity index (χ0n) is 16.0. The number of hydrogen-bond donors (Lipinski definition) is 2. The Hall–Kier alpha value is -2.64. The van der Waals surface area contributed by atoms with Gasteiger partial charge in [-0.15, -0.1) is 11.3 Å². The minimum atomic E-state index is 0.160. The summed E-state index contributed by atoms with van der Waals surface area (Å²) in [6.07, 6.45) is 0. The number of phenols is 1. The van der Waals surface area contributed by atoms with Crippen LogP contribution in [0.15, 0.2) is 48.5 Å². The van der Waals surface area contributed by atoms with Gasteiger partial charge in [-0.2, -0.15) is 0 Å². The van der Waals surface area contributed by atoms with Crippen LogP contribution in [0.25, 0.3) is 10.2 Å². The summed E-state index contributed by atoms with van der Waals surface area (Å²) in [5.41, 5.74) is 2.12. The van der Waals surface area contributed by atoms with Crippen LogP contribution in [0.4, 0.5) is 5.69 Å². The molecule has 1 aliphatic heterocycles.